The Hall–Kier alpha value is -2.30. The fraction of sp³-hybridized carbons (Fsp3) is 0.0909. The highest BCUT2D eigenvalue weighted by molar-refractivity contribution is 5.93. The van der Waals surface area contributed by atoms with Gasteiger partial charge < -0.3 is 5.73 Å². The maximum atomic E-state index is 11.5. The Bertz CT molecular complexity index is 595. The summed E-state index contributed by atoms with van der Waals surface area (Å²) in [4.78, 5) is 22.5. The first-order valence-electron chi connectivity index (χ1n) is 4.77. The van der Waals surface area contributed by atoms with E-state index in [1.54, 1.807) is 31.2 Å². The number of benzene rings is 1. The Labute approximate surface area is 91.5 Å². The van der Waals surface area contributed by atoms with Crippen molar-refractivity contribution in [3.8, 4) is 5.69 Å². The Morgan fingerprint density at radius 1 is 1.38 bits per heavy atom. The number of carbonyl (C=O) groups excluding carboxylic acids is 1. The van der Waals surface area contributed by atoms with Gasteiger partial charge in [0.15, 0.2) is 0 Å². The summed E-state index contributed by atoms with van der Waals surface area (Å²) in [6.45, 7) is 1.79. The molecular weight excluding hydrogens is 206 g/mol. The molecule has 0 aliphatic rings. The van der Waals surface area contributed by atoms with Gasteiger partial charge in [0.2, 0.25) is 5.91 Å². The van der Waals surface area contributed by atoms with Crippen LogP contribution < -0.4 is 11.3 Å². The molecule has 0 aliphatic carbocycles. The number of primary amides is 1. The van der Waals surface area contributed by atoms with Gasteiger partial charge in [-0.15, -0.1) is 0 Å². The monoisotopic (exact) mass is 217 g/mol. The molecule has 0 atom stereocenters. The molecule has 0 aliphatic heterocycles. The highest BCUT2D eigenvalue weighted by atomic mass is 16.1. The van der Waals surface area contributed by atoms with Crippen molar-refractivity contribution in [2.24, 2.45) is 5.73 Å². The number of nitrogens with one attached hydrogen (secondary N) is 1. The molecule has 1 amide bonds. The number of hydrogen-bond donors (Lipinski definition) is 2. The van der Waals surface area contributed by atoms with Gasteiger partial charge in [0, 0.05) is 17.3 Å². The van der Waals surface area contributed by atoms with E-state index in [9.17, 15) is 9.59 Å². The van der Waals surface area contributed by atoms with Gasteiger partial charge in [-0.25, -0.2) is 4.68 Å². The summed E-state index contributed by atoms with van der Waals surface area (Å²) in [6.07, 6.45) is 0. The number of nitrogens with zero attached hydrogens (tertiary/aromatic N) is 1. The molecule has 1 aromatic carbocycles. The second-order valence-electron chi connectivity index (χ2n) is 3.53. The predicted octanol–water partition coefficient (Wildman–Crippen LogP) is 0.573. The van der Waals surface area contributed by atoms with E-state index in [-0.39, 0.29) is 5.56 Å². The average molecular weight is 217 g/mol. The Morgan fingerprint density at radius 3 is 2.69 bits per heavy atom. The first-order chi connectivity index (χ1) is 7.58. The van der Waals surface area contributed by atoms with Crippen LogP contribution in [0, 0.1) is 6.92 Å². The molecule has 0 saturated heterocycles. The fourth-order valence-corrected chi connectivity index (χ4v) is 1.50. The molecule has 1 aromatic heterocycles. The summed E-state index contributed by atoms with van der Waals surface area (Å²) in [5.74, 6) is -0.516. The van der Waals surface area contributed by atoms with Crippen molar-refractivity contribution < 1.29 is 4.79 Å². The summed E-state index contributed by atoms with van der Waals surface area (Å²) < 4.78 is 1.36. The van der Waals surface area contributed by atoms with Gasteiger partial charge >= 0.3 is 0 Å². The van der Waals surface area contributed by atoms with Gasteiger partial charge in [-0.3, -0.25) is 14.7 Å². The van der Waals surface area contributed by atoms with Gasteiger partial charge in [-0.2, -0.15) is 0 Å². The molecule has 5 nitrogen and oxygen atoms in total. The van der Waals surface area contributed by atoms with E-state index < -0.39 is 5.91 Å². The number of amides is 1. The molecule has 16 heavy (non-hydrogen) atoms. The molecule has 2 aromatic rings. The lowest BCUT2D eigenvalue weighted by Crippen LogP contribution is -2.15. The molecule has 2 rings (SSSR count). The van der Waals surface area contributed by atoms with Gasteiger partial charge in [0.1, 0.15) is 0 Å². The number of hydrogen-bond acceptors (Lipinski definition) is 2. The maximum absolute atomic E-state index is 11.5. The Morgan fingerprint density at radius 2 is 2.12 bits per heavy atom. The average Bonchev–Trinajstić information content (AvgIpc) is 2.58. The second-order valence-corrected chi connectivity index (χ2v) is 3.53. The van der Waals surface area contributed by atoms with Crippen molar-refractivity contribution in [2.45, 2.75) is 6.92 Å². The molecule has 0 unspecified atom stereocenters. The molecular formula is C11H11N3O2. The summed E-state index contributed by atoms with van der Waals surface area (Å²) >= 11 is 0. The molecule has 5 heteroatoms. The first-order valence-corrected chi connectivity index (χ1v) is 4.77. The van der Waals surface area contributed by atoms with Gasteiger partial charge in [-0.1, -0.05) is 6.07 Å². The number of H-pyrrole nitrogens is 1. The number of aromatic nitrogens is 2. The van der Waals surface area contributed by atoms with E-state index in [4.69, 9.17) is 5.73 Å². The SMILES string of the molecule is Cc1cc(=O)n(-c2cccc(C(N)=O)c2)[nH]1. The third-order valence-electron chi connectivity index (χ3n) is 2.24. The number of rotatable bonds is 2. The maximum Gasteiger partial charge on any atom is 0.271 e. The lowest BCUT2D eigenvalue weighted by molar-refractivity contribution is 0.100. The number of carbonyl (C=O) groups is 1. The Balaban J connectivity index is 2.56. The minimum absolute atomic E-state index is 0.167. The van der Waals surface area contributed by atoms with E-state index in [0.29, 0.717) is 11.3 Å². The van der Waals surface area contributed by atoms with E-state index in [1.807, 2.05) is 0 Å². The molecule has 1 heterocycles. The molecule has 0 fully saturated rings. The lowest BCUT2D eigenvalue weighted by Gasteiger charge is -2.03. The second kappa shape index (κ2) is 3.69. The molecule has 0 bridgehead atoms. The number of aromatic amines is 1. The van der Waals surface area contributed by atoms with E-state index >= 15 is 0 Å². The number of nitrogens with two attached hydrogens (primary N) is 1. The minimum Gasteiger partial charge on any atom is -0.366 e. The molecule has 3 N–H and O–H groups in total. The summed E-state index contributed by atoms with van der Waals surface area (Å²) in [7, 11) is 0. The van der Waals surface area contributed by atoms with Crippen LogP contribution in [0.25, 0.3) is 5.69 Å². The van der Waals surface area contributed by atoms with Crippen molar-refractivity contribution in [1.82, 2.24) is 9.78 Å². The molecule has 82 valence electrons. The summed E-state index contributed by atoms with van der Waals surface area (Å²) in [6, 6.07) is 8.06. The third-order valence-corrected chi connectivity index (χ3v) is 2.24. The largest absolute Gasteiger partial charge is 0.366 e. The van der Waals surface area contributed by atoms with Crippen LogP contribution in [0.15, 0.2) is 35.1 Å². The van der Waals surface area contributed by atoms with Crippen molar-refractivity contribution in [2.75, 3.05) is 0 Å². The van der Waals surface area contributed by atoms with Crippen LogP contribution in [-0.4, -0.2) is 15.7 Å². The van der Waals surface area contributed by atoms with Crippen LogP contribution in [0.1, 0.15) is 16.1 Å². The van der Waals surface area contributed by atoms with E-state index in [2.05, 4.69) is 5.10 Å². The molecule has 0 spiro atoms. The molecule has 0 radical (unpaired) electrons. The van der Waals surface area contributed by atoms with Crippen LogP contribution in [0.5, 0.6) is 0 Å². The zero-order valence-electron chi connectivity index (χ0n) is 8.73. The third kappa shape index (κ3) is 1.75. The molecule has 0 saturated carbocycles. The van der Waals surface area contributed by atoms with Crippen molar-refractivity contribution in [3.05, 3.63) is 51.9 Å². The highest BCUT2D eigenvalue weighted by Crippen LogP contribution is 2.07. The van der Waals surface area contributed by atoms with Crippen LogP contribution in [0.2, 0.25) is 0 Å². The minimum atomic E-state index is -0.516. The zero-order chi connectivity index (χ0) is 11.7. The summed E-state index contributed by atoms with van der Waals surface area (Å²) in [5, 5.41) is 2.88. The van der Waals surface area contributed by atoms with Crippen LogP contribution in [0.4, 0.5) is 0 Å². The standard InChI is InChI=1S/C11H11N3O2/c1-7-5-10(15)14(13-7)9-4-2-3-8(6-9)11(12)16/h2-6,13H,1H3,(H2,12,16). The van der Waals surface area contributed by atoms with Crippen LogP contribution in [-0.2, 0) is 0 Å². The van der Waals surface area contributed by atoms with Crippen molar-refractivity contribution in [1.29, 1.82) is 0 Å². The van der Waals surface area contributed by atoms with E-state index in [1.165, 1.54) is 10.7 Å². The Kier molecular flexibility index (Phi) is 2.36. The van der Waals surface area contributed by atoms with Crippen molar-refractivity contribution in [3.63, 3.8) is 0 Å². The van der Waals surface area contributed by atoms with Gasteiger partial charge in [-0.05, 0) is 25.1 Å². The zero-order valence-corrected chi connectivity index (χ0v) is 8.73. The first kappa shape index (κ1) is 10.2. The van der Waals surface area contributed by atoms with Crippen LogP contribution >= 0.6 is 0 Å². The van der Waals surface area contributed by atoms with Gasteiger partial charge in [0.25, 0.3) is 5.56 Å². The van der Waals surface area contributed by atoms with Crippen molar-refractivity contribution >= 4 is 5.91 Å². The fourth-order valence-electron chi connectivity index (χ4n) is 1.50. The van der Waals surface area contributed by atoms with Gasteiger partial charge in [0.05, 0.1) is 5.69 Å². The number of aryl methyl sites for hydroxylation is 1. The quantitative estimate of drug-likeness (QED) is 0.771. The highest BCUT2D eigenvalue weighted by Gasteiger charge is 2.05. The topological polar surface area (TPSA) is 80.9 Å². The smallest absolute Gasteiger partial charge is 0.271 e. The lowest BCUT2D eigenvalue weighted by atomic mass is 10.2. The predicted molar refractivity (Wildman–Crippen MR) is 59.6 cm³/mol. The normalized spacial score (nSPS) is 10.3. The summed E-state index contributed by atoms with van der Waals surface area (Å²) in [5.41, 5.74) is 6.72. The van der Waals surface area contributed by atoms with E-state index in [0.717, 1.165) is 5.69 Å². The van der Waals surface area contributed by atoms with Crippen LogP contribution in [0.3, 0.4) is 0 Å².